The molecule has 4 bridgehead atoms. The van der Waals surface area contributed by atoms with E-state index >= 15 is 0 Å². The number of carbonyl (C=O) groups is 1. The highest BCUT2D eigenvalue weighted by Crippen LogP contribution is 2.60. The van der Waals surface area contributed by atoms with Gasteiger partial charge in [0, 0.05) is 16.9 Å². The number of benzene rings is 1. The van der Waals surface area contributed by atoms with Crippen LogP contribution in [0.5, 0.6) is 17.2 Å². The molecular weight excluding hydrogens is 446 g/mol. The maximum absolute atomic E-state index is 13.1. The highest BCUT2D eigenvalue weighted by Gasteiger charge is 2.52. The SMILES string of the molecule is COc1cc(C(=O)Nc2nc(C34CC5CC(CC(C5)C3)C4)cs2)c([N+](=O)[O-])c(OC)c1OC. The number of carbonyl (C=O) groups excluding carboxylic acids is 1. The molecule has 0 atom stereocenters. The van der Waals surface area contributed by atoms with Crippen LogP contribution in [-0.2, 0) is 5.41 Å². The van der Waals surface area contributed by atoms with E-state index in [0.717, 1.165) is 23.4 Å². The van der Waals surface area contributed by atoms with Crippen molar-refractivity contribution in [1.29, 1.82) is 0 Å². The fraction of sp³-hybridized carbons (Fsp3) is 0.565. The Bertz CT molecular complexity index is 1080. The molecule has 6 rings (SSSR count). The van der Waals surface area contributed by atoms with Gasteiger partial charge in [0.25, 0.3) is 5.91 Å². The molecule has 1 amide bonds. The van der Waals surface area contributed by atoms with Crippen LogP contribution in [0.15, 0.2) is 11.4 Å². The second-order valence-corrected chi connectivity index (χ2v) is 10.3. The lowest BCUT2D eigenvalue weighted by molar-refractivity contribution is -0.386. The van der Waals surface area contributed by atoms with Crippen LogP contribution < -0.4 is 19.5 Å². The summed E-state index contributed by atoms with van der Waals surface area (Å²) in [5, 5.41) is 17.1. The number of ether oxygens (including phenoxy) is 3. The van der Waals surface area contributed by atoms with Gasteiger partial charge < -0.3 is 14.2 Å². The van der Waals surface area contributed by atoms with Gasteiger partial charge in [-0.3, -0.25) is 20.2 Å². The van der Waals surface area contributed by atoms with E-state index in [9.17, 15) is 14.9 Å². The minimum Gasteiger partial charge on any atom is -0.493 e. The van der Waals surface area contributed by atoms with E-state index < -0.39 is 16.5 Å². The number of rotatable bonds is 7. The summed E-state index contributed by atoms with van der Waals surface area (Å²) in [5.74, 6) is 1.78. The van der Waals surface area contributed by atoms with Crippen molar-refractivity contribution in [2.24, 2.45) is 17.8 Å². The Hall–Kier alpha value is -2.88. The summed E-state index contributed by atoms with van der Waals surface area (Å²) in [6.07, 6.45) is 7.56. The van der Waals surface area contributed by atoms with Crippen LogP contribution in [0.1, 0.15) is 54.6 Å². The summed E-state index contributed by atoms with van der Waals surface area (Å²) < 4.78 is 15.7. The first-order valence-corrected chi connectivity index (χ1v) is 12.0. The monoisotopic (exact) mass is 473 g/mol. The molecular formula is C23H27N3O6S. The molecule has 1 heterocycles. The Morgan fingerprint density at radius 2 is 1.70 bits per heavy atom. The molecule has 4 fully saturated rings. The number of hydrogen-bond donors (Lipinski definition) is 1. The largest absolute Gasteiger partial charge is 0.493 e. The van der Waals surface area contributed by atoms with Gasteiger partial charge in [-0.2, -0.15) is 0 Å². The zero-order chi connectivity index (χ0) is 23.3. The van der Waals surface area contributed by atoms with Gasteiger partial charge in [0.15, 0.2) is 10.9 Å². The maximum atomic E-state index is 13.1. The van der Waals surface area contributed by atoms with Crippen LogP contribution in [0, 0.1) is 27.9 Å². The van der Waals surface area contributed by atoms with Crippen molar-refractivity contribution in [3.05, 3.63) is 32.8 Å². The number of aromatic nitrogens is 1. The molecule has 176 valence electrons. The maximum Gasteiger partial charge on any atom is 0.327 e. The van der Waals surface area contributed by atoms with Gasteiger partial charge in [-0.25, -0.2) is 4.98 Å². The van der Waals surface area contributed by atoms with Gasteiger partial charge in [0.2, 0.25) is 11.5 Å². The predicted molar refractivity (Wildman–Crippen MR) is 123 cm³/mol. The summed E-state index contributed by atoms with van der Waals surface area (Å²) >= 11 is 1.36. The zero-order valence-corrected chi connectivity index (χ0v) is 19.7. The lowest BCUT2D eigenvalue weighted by Gasteiger charge is -2.56. The molecule has 0 spiro atoms. The Kier molecular flexibility index (Phi) is 5.43. The standard InChI is InChI=1S/C23H27N3O6S/c1-30-16-7-15(18(26(28)29)20(32-3)19(16)31-2)21(27)25-22-24-17(11-33-22)23-8-12-4-13(9-23)6-14(5-12)10-23/h7,11-14H,4-6,8-10H2,1-3H3,(H,24,25,27). The Labute approximate surface area is 195 Å². The third-order valence-corrected chi connectivity index (χ3v) is 8.29. The molecule has 4 aliphatic carbocycles. The van der Waals surface area contributed by atoms with Gasteiger partial charge in [0.05, 0.1) is 31.9 Å². The minimum absolute atomic E-state index is 0.0570. The van der Waals surface area contributed by atoms with Gasteiger partial charge >= 0.3 is 5.69 Å². The van der Waals surface area contributed by atoms with E-state index in [4.69, 9.17) is 19.2 Å². The van der Waals surface area contributed by atoms with Crippen LogP contribution in [0.3, 0.4) is 0 Å². The Balaban J connectivity index is 1.44. The van der Waals surface area contributed by atoms with Gasteiger partial charge in [-0.15, -0.1) is 11.3 Å². The Morgan fingerprint density at radius 3 is 2.21 bits per heavy atom. The molecule has 0 radical (unpaired) electrons. The number of amides is 1. The first-order chi connectivity index (χ1) is 15.9. The van der Waals surface area contributed by atoms with Crippen molar-refractivity contribution in [3.63, 3.8) is 0 Å². The molecule has 1 aromatic heterocycles. The summed E-state index contributed by atoms with van der Waals surface area (Å²) in [4.78, 5) is 29.1. The molecule has 9 nitrogen and oxygen atoms in total. The average Bonchev–Trinajstić information content (AvgIpc) is 3.25. The van der Waals surface area contributed by atoms with Crippen LogP contribution in [0.2, 0.25) is 0 Å². The number of thiazole rings is 1. The fourth-order valence-electron chi connectivity index (χ4n) is 6.66. The van der Waals surface area contributed by atoms with Gasteiger partial charge in [-0.1, -0.05) is 0 Å². The summed E-state index contributed by atoms with van der Waals surface area (Å²) in [7, 11) is 4.03. The number of hydrogen-bond acceptors (Lipinski definition) is 8. The molecule has 33 heavy (non-hydrogen) atoms. The summed E-state index contributed by atoms with van der Waals surface area (Å²) in [5.41, 5.74) is 0.514. The average molecular weight is 474 g/mol. The molecule has 10 heteroatoms. The van der Waals surface area contributed by atoms with E-state index in [2.05, 4.69) is 5.32 Å². The van der Waals surface area contributed by atoms with Gasteiger partial charge in [-0.05, 0) is 56.3 Å². The smallest absolute Gasteiger partial charge is 0.327 e. The quantitative estimate of drug-likeness (QED) is 0.454. The van der Waals surface area contributed by atoms with Gasteiger partial charge in [0.1, 0.15) is 5.56 Å². The second-order valence-electron chi connectivity index (χ2n) is 9.49. The van der Waals surface area contributed by atoms with E-state index in [1.54, 1.807) is 0 Å². The molecule has 1 aromatic carbocycles. The fourth-order valence-corrected chi connectivity index (χ4v) is 7.49. The van der Waals surface area contributed by atoms with Crippen LogP contribution in [-0.4, -0.2) is 37.1 Å². The highest BCUT2D eigenvalue weighted by atomic mass is 32.1. The number of nitro benzene ring substituents is 1. The highest BCUT2D eigenvalue weighted by molar-refractivity contribution is 7.14. The van der Waals surface area contributed by atoms with Crippen LogP contribution >= 0.6 is 11.3 Å². The number of methoxy groups -OCH3 is 3. The number of anilines is 1. The molecule has 1 N–H and O–H groups in total. The van der Waals surface area contributed by atoms with Crippen molar-refractivity contribution in [1.82, 2.24) is 4.98 Å². The van der Waals surface area contributed by atoms with Crippen LogP contribution in [0.25, 0.3) is 0 Å². The molecule has 4 aliphatic rings. The minimum atomic E-state index is -0.654. The molecule has 0 aliphatic heterocycles. The van der Waals surface area contributed by atoms with E-state index in [0.29, 0.717) is 5.13 Å². The molecule has 0 unspecified atom stereocenters. The predicted octanol–water partition coefficient (Wildman–Crippen LogP) is 4.80. The Morgan fingerprint density at radius 1 is 1.09 bits per heavy atom. The second kappa shape index (κ2) is 8.16. The normalized spacial score (nSPS) is 27.3. The summed E-state index contributed by atoms with van der Waals surface area (Å²) in [6, 6.07) is 1.29. The topological polar surface area (TPSA) is 113 Å². The lowest BCUT2D eigenvalue weighted by atomic mass is 9.49. The van der Waals surface area contributed by atoms with E-state index in [-0.39, 0.29) is 28.2 Å². The third kappa shape index (κ3) is 3.60. The van der Waals surface area contributed by atoms with Crippen LogP contribution in [0.4, 0.5) is 10.8 Å². The molecule has 4 saturated carbocycles. The van der Waals surface area contributed by atoms with Crippen molar-refractivity contribution in [3.8, 4) is 17.2 Å². The first-order valence-electron chi connectivity index (χ1n) is 11.1. The number of nitro groups is 1. The van der Waals surface area contributed by atoms with E-state index in [1.165, 1.54) is 77.3 Å². The molecule has 0 saturated heterocycles. The molecule has 2 aromatic rings. The van der Waals surface area contributed by atoms with Crippen molar-refractivity contribution < 1.29 is 23.9 Å². The first kappa shape index (κ1) is 21.9. The van der Waals surface area contributed by atoms with Crippen molar-refractivity contribution in [2.75, 3.05) is 26.6 Å². The van der Waals surface area contributed by atoms with Crippen molar-refractivity contribution in [2.45, 2.75) is 43.9 Å². The lowest BCUT2D eigenvalue weighted by Crippen LogP contribution is -2.48. The summed E-state index contributed by atoms with van der Waals surface area (Å²) in [6.45, 7) is 0. The number of nitrogens with one attached hydrogen (secondary N) is 1. The van der Waals surface area contributed by atoms with E-state index in [1.807, 2.05) is 5.38 Å². The van der Waals surface area contributed by atoms with Crippen molar-refractivity contribution >= 4 is 28.1 Å². The number of nitrogens with zero attached hydrogens (tertiary/aromatic N) is 2. The zero-order valence-electron chi connectivity index (χ0n) is 18.9. The third-order valence-electron chi connectivity index (χ3n) is 7.54.